The molecule has 2 heterocycles. The Bertz CT molecular complexity index is 903. The fourth-order valence-electron chi connectivity index (χ4n) is 3.75. The van der Waals surface area contributed by atoms with E-state index in [0.29, 0.717) is 23.9 Å². The number of nitrogens with zero attached hydrogens (tertiary/aromatic N) is 2. The fourth-order valence-corrected chi connectivity index (χ4v) is 4.93. The van der Waals surface area contributed by atoms with E-state index >= 15 is 0 Å². The van der Waals surface area contributed by atoms with Crippen molar-refractivity contribution in [3.05, 3.63) is 48.0 Å². The van der Waals surface area contributed by atoms with Gasteiger partial charge >= 0.3 is 0 Å². The molecule has 4 nitrogen and oxygen atoms in total. The van der Waals surface area contributed by atoms with Crippen LogP contribution in [0.15, 0.2) is 36.4 Å². The van der Waals surface area contributed by atoms with Gasteiger partial charge in [0.05, 0.1) is 18.8 Å². The molecule has 1 saturated heterocycles. The van der Waals surface area contributed by atoms with Gasteiger partial charge in [0.25, 0.3) is 0 Å². The highest BCUT2D eigenvalue weighted by Crippen LogP contribution is 2.31. The average molecular weight is 392 g/mol. The highest BCUT2D eigenvalue weighted by Gasteiger charge is 2.23. The monoisotopic (exact) mass is 392 g/mol. The molecule has 1 fully saturated rings. The number of methoxy groups -OCH3 is 1. The first-order chi connectivity index (χ1) is 13.0. The topological polar surface area (TPSA) is 37.6 Å². The molecule has 1 aliphatic heterocycles. The summed E-state index contributed by atoms with van der Waals surface area (Å²) >= 11 is 1.72. The zero-order valence-electron chi connectivity index (χ0n) is 15.1. The third-order valence-electron chi connectivity index (χ3n) is 5.05. The SMILES string of the molecule is COC1CCSN(CC(O)Cn2c3ccc(F)cc3c3cc(F)ccc32)C1. The van der Waals surface area contributed by atoms with Crippen molar-refractivity contribution in [1.29, 1.82) is 0 Å². The predicted molar refractivity (Wildman–Crippen MR) is 105 cm³/mol. The van der Waals surface area contributed by atoms with E-state index in [9.17, 15) is 13.9 Å². The quantitative estimate of drug-likeness (QED) is 0.670. The second-order valence-electron chi connectivity index (χ2n) is 6.91. The van der Waals surface area contributed by atoms with E-state index in [1.807, 2.05) is 4.57 Å². The van der Waals surface area contributed by atoms with Gasteiger partial charge in [0, 0.05) is 47.8 Å². The number of aliphatic hydroxyl groups is 1. The average Bonchev–Trinajstić information content (AvgIpc) is 2.94. The fraction of sp³-hybridized carbons (Fsp3) is 0.400. The molecule has 1 aromatic heterocycles. The number of hydrogen-bond donors (Lipinski definition) is 1. The first-order valence-electron chi connectivity index (χ1n) is 9.01. The summed E-state index contributed by atoms with van der Waals surface area (Å²) < 4.78 is 37.0. The molecule has 4 rings (SSSR count). The molecule has 0 aliphatic carbocycles. The molecule has 0 bridgehead atoms. The highest BCUT2D eigenvalue weighted by molar-refractivity contribution is 7.97. The number of aromatic nitrogens is 1. The van der Waals surface area contributed by atoms with Crippen LogP contribution >= 0.6 is 11.9 Å². The van der Waals surface area contributed by atoms with Gasteiger partial charge in [-0.15, -0.1) is 0 Å². The Morgan fingerprint density at radius 2 is 1.74 bits per heavy atom. The van der Waals surface area contributed by atoms with Gasteiger partial charge in [-0.1, -0.05) is 11.9 Å². The Hall–Kier alpha value is -1.67. The lowest BCUT2D eigenvalue weighted by atomic mass is 10.1. The van der Waals surface area contributed by atoms with Crippen LogP contribution in [0.4, 0.5) is 8.78 Å². The van der Waals surface area contributed by atoms with E-state index in [-0.39, 0.29) is 17.7 Å². The standard InChI is InChI=1S/C20H22F2N2O2S/c1-26-16-6-7-27-23(12-16)10-15(25)11-24-19-4-2-13(21)8-17(19)18-9-14(22)3-5-20(18)24/h2-5,8-9,15-16,25H,6-7,10-12H2,1H3. The summed E-state index contributed by atoms with van der Waals surface area (Å²) in [5.41, 5.74) is 1.58. The van der Waals surface area contributed by atoms with Gasteiger partial charge in [-0.25, -0.2) is 13.1 Å². The molecule has 1 N–H and O–H groups in total. The molecular formula is C20H22F2N2O2S. The largest absolute Gasteiger partial charge is 0.390 e. The smallest absolute Gasteiger partial charge is 0.123 e. The summed E-state index contributed by atoms with van der Waals surface area (Å²) in [6.07, 6.45) is 0.595. The lowest BCUT2D eigenvalue weighted by molar-refractivity contribution is 0.0639. The summed E-state index contributed by atoms with van der Waals surface area (Å²) in [5, 5.41) is 12.0. The van der Waals surface area contributed by atoms with Crippen LogP contribution in [0.5, 0.6) is 0 Å². The van der Waals surface area contributed by atoms with Crippen molar-refractivity contribution in [2.75, 3.05) is 26.0 Å². The number of fused-ring (bicyclic) bond motifs is 3. The molecule has 2 atom stereocenters. The van der Waals surface area contributed by atoms with Crippen molar-refractivity contribution in [3.63, 3.8) is 0 Å². The van der Waals surface area contributed by atoms with Crippen LogP contribution in [0.1, 0.15) is 6.42 Å². The lowest BCUT2D eigenvalue weighted by Gasteiger charge is -2.32. The van der Waals surface area contributed by atoms with Crippen molar-refractivity contribution in [1.82, 2.24) is 8.87 Å². The summed E-state index contributed by atoms with van der Waals surface area (Å²) in [7, 11) is 1.71. The molecular weight excluding hydrogens is 370 g/mol. The third kappa shape index (κ3) is 3.82. The van der Waals surface area contributed by atoms with Crippen LogP contribution in [0.3, 0.4) is 0 Å². The highest BCUT2D eigenvalue weighted by atomic mass is 32.2. The van der Waals surface area contributed by atoms with E-state index in [0.717, 1.165) is 29.8 Å². The molecule has 0 spiro atoms. The van der Waals surface area contributed by atoms with Crippen LogP contribution in [-0.4, -0.2) is 52.1 Å². The van der Waals surface area contributed by atoms with Crippen LogP contribution < -0.4 is 0 Å². The normalized spacial score (nSPS) is 19.8. The third-order valence-corrected chi connectivity index (χ3v) is 6.13. The minimum atomic E-state index is -0.609. The van der Waals surface area contributed by atoms with E-state index in [4.69, 9.17) is 4.74 Å². The maximum atomic E-state index is 13.7. The molecule has 27 heavy (non-hydrogen) atoms. The summed E-state index contributed by atoms with van der Waals surface area (Å²) in [5.74, 6) is 0.252. The Kier molecular flexibility index (Phi) is 5.36. The van der Waals surface area contributed by atoms with Gasteiger partial charge in [0.1, 0.15) is 11.6 Å². The van der Waals surface area contributed by atoms with Crippen LogP contribution in [0.25, 0.3) is 21.8 Å². The second-order valence-corrected chi connectivity index (χ2v) is 8.10. The Morgan fingerprint density at radius 3 is 2.33 bits per heavy atom. The number of hydrogen-bond acceptors (Lipinski definition) is 4. The van der Waals surface area contributed by atoms with Crippen molar-refractivity contribution in [3.8, 4) is 0 Å². The summed E-state index contributed by atoms with van der Waals surface area (Å²) in [6, 6.07) is 9.00. The molecule has 1 aliphatic rings. The molecule has 3 aromatic rings. The van der Waals surface area contributed by atoms with Gasteiger partial charge in [-0.3, -0.25) is 0 Å². The van der Waals surface area contributed by atoms with Crippen molar-refractivity contribution in [2.45, 2.75) is 25.2 Å². The molecule has 7 heteroatoms. The van der Waals surface area contributed by atoms with Crippen molar-refractivity contribution in [2.24, 2.45) is 0 Å². The number of rotatable bonds is 5. The first kappa shape index (κ1) is 18.7. The zero-order chi connectivity index (χ0) is 19.0. The van der Waals surface area contributed by atoms with E-state index < -0.39 is 6.10 Å². The van der Waals surface area contributed by atoms with E-state index in [1.165, 1.54) is 24.3 Å². The molecule has 2 unspecified atom stereocenters. The summed E-state index contributed by atoms with van der Waals surface area (Å²) in [4.78, 5) is 0. The number of ether oxygens (including phenoxy) is 1. The maximum Gasteiger partial charge on any atom is 0.123 e. The maximum absolute atomic E-state index is 13.7. The molecule has 144 valence electrons. The number of benzene rings is 2. The Labute approximate surface area is 160 Å². The second kappa shape index (κ2) is 7.75. The van der Waals surface area contributed by atoms with E-state index in [2.05, 4.69) is 4.31 Å². The molecule has 0 saturated carbocycles. The predicted octanol–water partition coefficient (Wildman–Crippen LogP) is 3.80. The summed E-state index contributed by atoms with van der Waals surface area (Å²) in [6.45, 7) is 1.64. The number of halogens is 2. The Balaban J connectivity index is 1.62. The number of aliphatic hydroxyl groups excluding tert-OH is 1. The lowest BCUT2D eigenvalue weighted by Crippen LogP contribution is -2.39. The van der Waals surface area contributed by atoms with Crippen molar-refractivity contribution < 1.29 is 18.6 Å². The van der Waals surface area contributed by atoms with Crippen LogP contribution in [0.2, 0.25) is 0 Å². The molecule has 2 aromatic carbocycles. The Morgan fingerprint density at radius 1 is 1.11 bits per heavy atom. The van der Waals surface area contributed by atoms with E-state index in [1.54, 1.807) is 31.2 Å². The molecule has 0 amide bonds. The number of β-amino-alcohol motifs (C(OH)–C–C–N with tert-alkyl or cyclic N) is 1. The zero-order valence-corrected chi connectivity index (χ0v) is 15.9. The van der Waals surface area contributed by atoms with Gasteiger partial charge < -0.3 is 14.4 Å². The van der Waals surface area contributed by atoms with Crippen molar-refractivity contribution >= 4 is 33.8 Å². The first-order valence-corrected chi connectivity index (χ1v) is 9.95. The van der Waals surface area contributed by atoms with Gasteiger partial charge in [-0.2, -0.15) is 0 Å². The van der Waals surface area contributed by atoms with Crippen LogP contribution in [-0.2, 0) is 11.3 Å². The van der Waals surface area contributed by atoms with Crippen LogP contribution in [0, 0.1) is 11.6 Å². The van der Waals surface area contributed by atoms with Gasteiger partial charge in [0.15, 0.2) is 0 Å². The van der Waals surface area contributed by atoms with Gasteiger partial charge in [0.2, 0.25) is 0 Å². The molecule has 0 radical (unpaired) electrons. The van der Waals surface area contributed by atoms with Gasteiger partial charge in [-0.05, 0) is 42.8 Å². The minimum Gasteiger partial charge on any atom is -0.390 e. The minimum absolute atomic E-state index is 0.192.